The molecule has 0 atom stereocenters. The van der Waals surface area contributed by atoms with Crippen LogP contribution in [0.25, 0.3) is 0 Å². The summed E-state index contributed by atoms with van der Waals surface area (Å²) in [6.45, 7) is 4.66. The van der Waals surface area contributed by atoms with Crippen molar-refractivity contribution in [1.82, 2.24) is 0 Å². The highest BCUT2D eigenvalue weighted by atomic mass is 16.2. The van der Waals surface area contributed by atoms with Gasteiger partial charge in [-0.1, -0.05) is 13.3 Å². The molecule has 0 aliphatic heterocycles. The van der Waals surface area contributed by atoms with Crippen LogP contribution in [-0.4, -0.2) is 11.7 Å². The molecule has 0 aromatic carbocycles. The Labute approximate surface area is 82.2 Å². The van der Waals surface area contributed by atoms with Crippen LogP contribution in [0.4, 0.5) is 0 Å². The van der Waals surface area contributed by atoms with Crippen molar-refractivity contribution >= 4 is 0 Å². The van der Waals surface area contributed by atoms with E-state index in [-0.39, 0.29) is 0 Å². The fraction of sp³-hybridized carbons (Fsp3) is 0.750. The highest BCUT2D eigenvalue weighted by Crippen LogP contribution is 2.04. The smallest absolute Gasteiger partial charge is 0.0431 e. The number of unbranched alkanes of at least 4 members (excludes halogenated alkanes) is 3. The molecule has 0 bridgehead atoms. The minimum atomic E-state index is 0.312. The SMILES string of the molecule is CCCCC(C)=C=CCCCCO. The Morgan fingerprint density at radius 1 is 1.31 bits per heavy atom. The van der Waals surface area contributed by atoms with Crippen molar-refractivity contribution in [2.45, 2.75) is 52.4 Å². The van der Waals surface area contributed by atoms with E-state index in [9.17, 15) is 0 Å². The minimum absolute atomic E-state index is 0.312. The fourth-order valence-electron chi connectivity index (χ4n) is 1.12. The quantitative estimate of drug-likeness (QED) is 0.472. The molecule has 0 aromatic heterocycles. The molecule has 0 fully saturated rings. The van der Waals surface area contributed by atoms with E-state index in [2.05, 4.69) is 25.7 Å². The Morgan fingerprint density at radius 2 is 2.08 bits per heavy atom. The van der Waals surface area contributed by atoms with Crippen molar-refractivity contribution in [1.29, 1.82) is 0 Å². The van der Waals surface area contributed by atoms with E-state index in [0.29, 0.717) is 6.61 Å². The van der Waals surface area contributed by atoms with Gasteiger partial charge in [-0.05, 0) is 50.7 Å². The van der Waals surface area contributed by atoms with Gasteiger partial charge in [0.15, 0.2) is 0 Å². The molecule has 0 aromatic rings. The van der Waals surface area contributed by atoms with Gasteiger partial charge in [-0.3, -0.25) is 0 Å². The van der Waals surface area contributed by atoms with E-state index in [1.807, 2.05) is 0 Å². The van der Waals surface area contributed by atoms with E-state index in [1.54, 1.807) is 0 Å². The van der Waals surface area contributed by atoms with Gasteiger partial charge in [0.05, 0.1) is 0 Å². The zero-order valence-electron chi connectivity index (χ0n) is 8.97. The lowest BCUT2D eigenvalue weighted by atomic mass is 10.1. The summed E-state index contributed by atoms with van der Waals surface area (Å²) in [6.07, 6.45) is 8.82. The zero-order chi connectivity index (χ0) is 9.94. The van der Waals surface area contributed by atoms with E-state index in [4.69, 9.17) is 5.11 Å². The van der Waals surface area contributed by atoms with Crippen LogP contribution in [0.2, 0.25) is 0 Å². The Kier molecular flexibility index (Phi) is 9.18. The van der Waals surface area contributed by atoms with Crippen LogP contribution in [0.15, 0.2) is 17.4 Å². The predicted molar refractivity (Wildman–Crippen MR) is 57.7 cm³/mol. The molecular formula is C12H22O. The molecule has 1 N–H and O–H groups in total. The maximum absolute atomic E-state index is 8.55. The van der Waals surface area contributed by atoms with Crippen molar-refractivity contribution in [3.63, 3.8) is 0 Å². The highest BCUT2D eigenvalue weighted by molar-refractivity contribution is 4.97. The topological polar surface area (TPSA) is 20.2 Å². The molecule has 0 rings (SSSR count). The van der Waals surface area contributed by atoms with Crippen LogP contribution < -0.4 is 0 Å². The maximum atomic E-state index is 8.55. The van der Waals surface area contributed by atoms with Crippen LogP contribution in [0.1, 0.15) is 52.4 Å². The first-order chi connectivity index (χ1) is 6.31. The van der Waals surface area contributed by atoms with Gasteiger partial charge in [0.2, 0.25) is 0 Å². The van der Waals surface area contributed by atoms with Crippen LogP contribution in [0, 0.1) is 0 Å². The minimum Gasteiger partial charge on any atom is -0.396 e. The van der Waals surface area contributed by atoms with E-state index >= 15 is 0 Å². The van der Waals surface area contributed by atoms with Crippen molar-refractivity contribution in [2.24, 2.45) is 0 Å². The van der Waals surface area contributed by atoms with Gasteiger partial charge in [-0.15, -0.1) is 5.73 Å². The number of aliphatic hydroxyl groups is 1. The summed E-state index contributed by atoms with van der Waals surface area (Å²) >= 11 is 0. The molecule has 0 heterocycles. The van der Waals surface area contributed by atoms with Crippen molar-refractivity contribution in [3.8, 4) is 0 Å². The van der Waals surface area contributed by atoms with Crippen LogP contribution in [0.5, 0.6) is 0 Å². The molecule has 0 aliphatic carbocycles. The lowest BCUT2D eigenvalue weighted by molar-refractivity contribution is 0.285. The summed E-state index contributed by atoms with van der Waals surface area (Å²) in [5.41, 5.74) is 4.64. The third-order valence-corrected chi connectivity index (χ3v) is 2.01. The molecule has 76 valence electrons. The summed E-state index contributed by atoms with van der Waals surface area (Å²) in [7, 11) is 0. The molecule has 0 saturated heterocycles. The molecule has 0 spiro atoms. The average molecular weight is 182 g/mol. The predicted octanol–water partition coefficient (Wildman–Crippen LogP) is 3.44. The first-order valence-electron chi connectivity index (χ1n) is 5.32. The monoisotopic (exact) mass is 182 g/mol. The van der Waals surface area contributed by atoms with Crippen molar-refractivity contribution in [3.05, 3.63) is 17.4 Å². The van der Waals surface area contributed by atoms with Crippen LogP contribution in [-0.2, 0) is 0 Å². The fourth-order valence-corrected chi connectivity index (χ4v) is 1.12. The van der Waals surface area contributed by atoms with Gasteiger partial charge in [0.1, 0.15) is 0 Å². The normalized spacial score (nSPS) is 9.46. The lowest BCUT2D eigenvalue weighted by Gasteiger charge is -1.94. The summed E-state index contributed by atoms with van der Waals surface area (Å²) in [6, 6.07) is 0. The van der Waals surface area contributed by atoms with Crippen molar-refractivity contribution in [2.75, 3.05) is 6.61 Å². The molecule has 0 aliphatic rings. The second-order valence-corrected chi connectivity index (χ2v) is 3.45. The van der Waals surface area contributed by atoms with Gasteiger partial charge in [-0.25, -0.2) is 0 Å². The average Bonchev–Trinajstić information content (AvgIpc) is 2.14. The van der Waals surface area contributed by atoms with Crippen LogP contribution >= 0.6 is 0 Å². The molecule has 0 saturated carbocycles. The van der Waals surface area contributed by atoms with E-state index in [0.717, 1.165) is 19.3 Å². The molecule has 0 radical (unpaired) electrons. The summed E-state index contributed by atoms with van der Waals surface area (Å²) in [5, 5.41) is 8.55. The van der Waals surface area contributed by atoms with Crippen LogP contribution in [0.3, 0.4) is 0 Å². The second kappa shape index (κ2) is 9.57. The van der Waals surface area contributed by atoms with Gasteiger partial charge >= 0.3 is 0 Å². The Balaban J connectivity index is 3.52. The highest BCUT2D eigenvalue weighted by Gasteiger charge is 1.86. The first kappa shape index (κ1) is 12.5. The summed E-state index contributed by atoms with van der Waals surface area (Å²) in [4.78, 5) is 0. The number of hydrogen-bond acceptors (Lipinski definition) is 1. The Bertz CT molecular complexity index is 164. The molecule has 1 nitrogen and oxygen atoms in total. The largest absolute Gasteiger partial charge is 0.396 e. The van der Waals surface area contributed by atoms with Gasteiger partial charge < -0.3 is 5.11 Å². The van der Waals surface area contributed by atoms with E-state index < -0.39 is 0 Å². The van der Waals surface area contributed by atoms with Gasteiger partial charge in [0, 0.05) is 6.61 Å². The Morgan fingerprint density at radius 3 is 2.69 bits per heavy atom. The molecule has 1 heteroatoms. The maximum Gasteiger partial charge on any atom is 0.0431 e. The van der Waals surface area contributed by atoms with Gasteiger partial charge in [0.25, 0.3) is 0 Å². The third-order valence-electron chi connectivity index (χ3n) is 2.01. The molecule has 0 amide bonds. The molecular weight excluding hydrogens is 160 g/mol. The number of allylic oxidation sites excluding steroid dienone is 1. The summed E-state index contributed by atoms with van der Waals surface area (Å²) < 4.78 is 0. The first-order valence-corrected chi connectivity index (χ1v) is 5.32. The number of hydrogen-bond donors (Lipinski definition) is 1. The third kappa shape index (κ3) is 9.39. The molecule has 13 heavy (non-hydrogen) atoms. The standard InChI is InChI=1S/C12H22O/c1-3-4-9-12(2)10-7-5-6-8-11-13/h7,13H,3-6,8-9,11H2,1-2H3. The number of rotatable bonds is 7. The molecule has 0 unspecified atom stereocenters. The van der Waals surface area contributed by atoms with Crippen molar-refractivity contribution < 1.29 is 5.11 Å². The lowest BCUT2D eigenvalue weighted by Crippen LogP contribution is -1.80. The Hall–Kier alpha value is -0.520. The second-order valence-electron chi connectivity index (χ2n) is 3.45. The van der Waals surface area contributed by atoms with E-state index in [1.165, 1.54) is 24.8 Å². The number of aliphatic hydroxyl groups excluding tert-OH is 1. The zero-order valence-corrected chi connectivity index (χ0v) is 8.97. The summed E-state index contributed by atoms with van der Waals surface area (Å²) in [5.74, 6) is 0. The van der Waals surface area contributed by atoms with Gasteiger partial charge in [-0.2, -0.15) is 0 Å².